The standard InChI is InChI=1S/C6H12N2O/c1-5(9)3-4-8-6(2)7/h3-5,9H,1-2H3,(H2,7,8)/b4-3-. The molecule has 0 aromatic heterocycles. The van der Waals surface area contributed by atoms with Crippen molar-refractivity contribution >= 4 is 5.84 Å². The average Bonchev–Trinajstić information content (AvgIpc) is 1.63. The van der Waals surface area contributed by atoms with Crippen molar-refractivity contribution in [2.75, 3.05) is 0 Å². The highest BCUT2D eigenvalue weighted by atomic mass is 16.3. The molecule has 0 saturated heterocycles. The molecule has 0 spiro atoms. The second-order valence-electron chi connectivity index (χ2n) is 1.85. The molecule has 0 rings (SSSR count). The molecule has 1 atom stereocenters. The summed E-state index contributed by atoms with van der Waals surface area (Å²) in [4.78, 5) is 3.72. The minimum absolute atomic E-state index is 0.451. The molecule has 0 radical (unpaired) electrons. The molecule has 0 aromatic rings. The number of hydrogen-bond donors (Lipinski definition) is 2. The average molecular weight is 128 g/mol. The van der Waals surface area contributed by atoms with E-state index in [9.17, 15) is 0 Å². The molecule has 0 aliphatic carbocycles. The van der Waals surface area contributed by atoms with E-state index in [4.69, 9.17) is 10.8 Å². The first-order valence-electron chi connectivity index (χ1n) is 2.77. The summed E-state index contributed by atoms with van der Waals surface area (Å²) in [6.45, 7) is 3.34. The Hall–Kier alpha value is -0.830. The molecule has 0 aliphatic heterocycles. The van der Waals surface area contributed by atoms with E-state index in [0.717, 1.165) is 0 Å². The van der Waals surface area contributed by atoms with E-state index < -0.39 is 6.10 Å². The molecule has 52 valence electrons. The van der Waals surface area contributed by atoms with Crippen molar-refractivity contribution in [1.82, 2.24) is 0 Å². The quantitative estimate of drug-likeness (QED) is 0.414. The van der Waals surface area contributed by atoms with Crippen molar-refractivity contribution in [3.63, 3.8) is 0 Å². The Kier molecular flexibility index (Phi) is 3.71. The van der Waals surface area contributed by atoms with Crippen molar-refractivity contribution in [3.05, 3.63) is 12.3 Å². The van der Waals surface area contributed by atoms with Gasteiger partial charge in [-0.15, -0.1) is 0 Å². The van der Waals surface area contributed by atoms with Crippen LogP contribution in [0.1, 0.15) is 13.8 Å². The van der Waals surface area contributed by atoms with Crippen LogP contribution < -0.4 is 5.73 Å². The van der Waals surface area contributed by atoms with Gasteiger partial charge >= 0.3 is 0 Å². The van der Waals surface area contributed by atoms with Gasteiger partial charge in [0.15, 0.2) is 0 Å². The van der Waals surface area contributed by atoms with Crippen LogP contribution >= 0.6 is 0 Å². The topological polar surface area (TPSA) is 58.6 Å². The van der Waals surface area contributed by atoms with Crippen molar-refractivity contribution in [2.24, 2.45) is 10.7 Å². The van der Waals surface area contributed by atoms with Gasteiger partial charge in [0.25, 0.3) is 0 Å². The molecule has 3 N–H and O–H groups in total. The van der Waals surface area contributed by atoms with E-state index >= 15 is 0 Å². The first-order chi connectivity index (χ1) is 4.13. The Morgan fingerprint density at radius 3 is 2.67 bits per heavy atom. The predicted molar refractivity (Wildman–Crippen MR) is 38.1 cm³/mol. The van der Waals surface area contributed by atoms with E-state index in [0.29, 0.717) is 5.84 Å². The van der Waals surface area contributed by atoms with Gasteiger partial charge in [-0.05, 0) is 19.9 Å². The summed E-state index contributed by atoms with van der Waals surface area (Å²) in [6.07, 6.45) is 2.59. The van der Waals surface area contributed by atoms with Gasteiger partial charge in [0, 0.05) is 6.20 Å². The maximum absolute atomic E-state index is 8.67. The van der Waals surface area contributed by atoms with E-state index in [1.807, 2.05) is 0 Å². The number of rotatable bonds is 2. The lowest BCUT2D eigenvalue weighted by Gasteiger charge is -1.89. The Morgan fingerprint density at radius 2 is 2.33 bits per heavy atom. The fraction of sp³-hybridized carbons (Fsp3) is 0.500. The van der Waals surface area contributed by atoms with Crippen LogP contribution in [0, 0.1) is 0 Å². The minimum Gasteiger partial charge on any atom is -0.389 e. The van der Waals surface area contributed by atoms with Gasteiger partial charge in [0.1, 0.15) is 0 Å². The number of aliphatic hydroxyl groups is 1. The van der Waals surface area contributed by atoms with Crippen LogP contribution in [-0.2, 0) is 0 Å². The maximum Gasteiger partial charge on any atom is 0.0957 e. The van der Waals surface area contributed by atoms with Gasteiger partial charge in [-0.25, -0.2) is 4.99 Å². The number of nitrogens with zero attached hydrogens (tertiary/aromatic N) is 1. The van der Waals surface area contributed by atoms with Crippen LogP contribution in [0.2, 0.25) is 0 Å². The summed E-state index contributed by atoms with van der Waals surface area (Å²) in [6, 6.07) is 0. The Balaban J connectivity index is 3.60. The highest BCUT2D eigenvalue weighted by Gasteiger charge is 1.81. The molecule has 0 saturated carbocycles. The van der Waals surface area contributed by atoms with Crippen molar-refractivity contribution in [1.29, 1.82) is 0 Å². The molecule has 0 amide bonds. The third kappa shape index (κ3) is 7.17. The van der Waals surface area contributed by atoms with Crippen LogP contribution in [0.5, 0.6) is 0 Å². The molecule has 1 unspecified atom stereocenters. The molecule has 0 aromatic carbocycles. The normalized spacial score (nSPS) is 16.6. The molecule has 0 heterocycles. The lowest BCUT2D eigenvalue weighted by Crippen LogP contribution is -2.03. The number of aliphatic hydroxyl groups excluding tert-OH is 1. The Labute approximate surface area is 54.9 Å². The third-order valence-electron chi connectivity index (χ3n) is 0.643. The first-order valence-corrected chi connectivity index (χ1v) is 2.77. The fourth-order valence-electron chi connectivity index (χ4n) is 0.285. The molecule has 3 nitrogen and oxygen atoms in total. The van der Waals surface area contributed by atoms with Crippen LogP contribution in [0.25, 0.3) is 0 Å². The molecular formula is C6H12N2O. The Bertz CT molecular complexity index is 123. The van der Waals surface area contributed by atoms with Gasteiger partial charge in [-0.2, -0.15) is 0 Å². The lowest BCUT2D eigenvalue weighted by atomic mass is 10.4. The molecule has 0 bridgehead atoms. The molecule has 0 aliphatic rings. The number of hydrogen-bond acceptors (Lipinski definition) is 2. The third-order valence-corrected chi connectivity index (χ3v) is 0.643. The Morgan fingerprint density at radius 1 is 1.78 bits per heavy atom. The SMILES string of the molecule is C/C(N)=N\C=C/C(C)O. The first kappa shape index (κ1) is 8.17. The van der Waals surface area contributed by atoms with E-state index in [-0.39, 0.29) is 0 Å². The van der Waals surface area contributed by atoms with Crippen LogP contribution in [-0.4, -0.2) is 17.0 Å². The summed E-state index contributed by atoms with van der Waals surface area (Å²) in [5.41, 5.74) is 5.20. The molecule has 3 heteroatoms. The summed E-state index contributed by atoms with van der Waals surface area (Å²) in [5.74, 6) is 0.493. The lowest BCUT2D eigenvalue weighted by molar-refractivity contribution is 0.244. The van der Waals surface area contributed by atoms with Gasteiger partial charge in [-0.1, -0.05) is 0 Å². The highest BCUT2D eigenvalue weighted by molar-refractivity contribution is 5.77. The highest BCUT2D eigenvalue weighted by Crippen LogP contribution is 1.82. The van der Waals surface area contributed by atoms with E-state index in [2.05, 4.69) is 4.99 Å². The second-order valence-corrected chi connectivity index (χ2v) is 1.85. The van der Waals surface area contributed by atoms with Crippen LogP contribution in [0.3, 0.4) is 0 Å². The zero-order chi connectivity index (χ0) is 7.28. The molecule has 9 heavy (non-hydrogen) atoms. The van der Waals surface area contributed by atoms with Crippen molar-refractivity contribution in [3.8, 4) is 0 Å². The zero-order valence-corrected chi connectivity index (χ0v) is 5.70. The number of nitrogens with two attached hydrogens (primary N) is 1. The van der Waals surface area contributed by atoms with Gasteiger partial charge < -0.3 is 10.8 Å². The zero-order valence-electron chi connectivity index (χ0n) is 5.70. The molecular weight excluding hydrogens is 116 g/mol. The summed E-state index contributed by atoms with van der Waals surface area (Å²) >= 11 is 0. The fourth-order valence-corrected chi connectivity index (χ4v) is 0.285. The summed E-state index contributed by atoms with van der Waals surface area (Å²) in [7, 11) is 0. The maximum atomic E-state index is 8.67. The summed E-state index contributed by atoms with van der Waals surface area (Å²) in [5, 5.41) is 8.67. The van der Waals surface area contributed by atoms with Gasteiger partial charge in [0.05, 0.1) is 11.9 Å². The number of aliphatic imine (C=N–C) groups is 1. The van der Waals surface area contributed by atoms with E-state index in [1.165, 1.54) is 6.20 Å². The van der Waals surface area contributed by atoms with Crippen LogP contribution in [0.4, 0.5) is 0 Å². The minimum atomic E-state index is -0.451. The smallest absolute Gasteiger partial charge is 0.0957 e. The van der Waals surface area contributed by atoms with Crippen molar-refractivity contribution in [2.45, 2.75) is 20.0 Å². The summed E-state index contributed by atoms with van der Waals surface area (Å²) < 4.78 is 0. The van der Waals surface area contributed by atoms with Crippen LogP contribution in [0.15, 0.2) is 17.3 Å². The predicted octanol–water partition coefficient (Wildman–Crippen LogP) is 0.258. The van der Waals surface area contributed by atoms with Gasteiger partial charge in [0.2, 0.25) is 0 Å². The van der Waals surface area contributed by atoms with Crippen molar-refractivity contribution < 1.29 is 5.11 Å². The van der Waals surface area contributed by atoms with Gasteiger partial charge in [-0.3, -0.25) is 0 Å². The monoisotopic (exact) mass is 128 g/mol. The molecule has 0 fully saturated rings. The van der Waals surface area contributed by atoms with E-state index in [1.54, 1.807) is 19.9 Å². The largest absolute Gasteiger partial charge is 0.389 e. The number of amidine groups is 1. The second kappa shape index (κ2) is 4.09.